The summed E-state index contributed by atoms with van der Waals surface area (Å²) in [7, 11) is 2.04. The van der Waals surface area contributed by atoms with Crippen LogP contribution in [0.4, 0.5) is 5.69 Å². The Bertz CT molecular complexity index is 501. The molecule has 0 unspecified atom stereocenters. The minimum atomic E-state index is 0.657. The summed E-state index contributed by atoms with van der Waals surface area (Å²) in [5.41, 5.74) is 2.31. The molecule has 0 spiro atoms. The molecule has 0 fully saturated rings. The molecule has 0 amide bonds. The minimum absolute atomic E-state index is 0.657. The second-order valence-corrected chi connectivity index (χ2v) is 4.88. The lowest BCUT2D eigenvalue weighted by atomic mass is 10.2. The highest BCUT2D eigenvalue weighted by Crippen LogP contribution is 2.17. The number of nitrogens with zero attached hydrogens (tertiary/aromatic N) is 1. The lowest BCUT2D eigenvalue weighted by Gasteiger charge is -2.19. The molecule has 0 bridgehead atoms. The van der Waals surface area contributed by atoms with Crippen molar-refractivity contribution in [2.75, 3.05) is 25.1 Å². The van der Waals surface area contributed by atoms with Crippen LogP contribution in [0, 0.1) is 0 Å². The van der Waals surface area contributed by atoms with E-state index in [2.05, 4.69) is 17.0 Å². The van der Waals surface area contributed by atoms with E-state index in [4.69, 9.17) is 16.3 Å². The Kier molecular flexibility index (Phi) is 5.25. The van der Waals surface area contributed by atoms with Crippen LogP contribution in [-0.2, 0) is 11.3 Å². The van der Waals surface area contributed by atoms with Gasteiger partial charge >= 0.3 is 0 Å². The first-order valence-corrected chi connectivity index (χ1v) is 6.72. The van der Waals surface area contributed by atoms with Gasteiger partial charge in [0.15, 0.2) is 0 Å². The number of halogens is 1. The predicted octanol–water partition coefficient (Wildman–Crippen LogP) is 3.99. The fourth-order valence-corrected chi connectivity index (χ4v) is 1.99. The normalized spacial score (nSPS) is 10.4. The van der Waals surface area contributed by atoms with Gasteiger partial charge in [-0.1, -0.05) is 48.0 Å². The number of hydrogen-bond donors (Lipinski definition) is 0. The van der Waals surface area contributed by atoms with Crippen molar-refractivity contribution < 1.29 is 4.74 Å². The molecule has 0 N–H and O–H groups in total. The summed E-state index contributed by atoms with van der Waals surface area (Å²) in [4.78, 5) is 2.14. The van der Waals surface area contributed by atoms with Crippen molar-refractivity contribution in [3.63, 3.8) is 0 Å². The zero-order chi connectivity index (χ0) is 13.5. The van der Waals surface area contributed by atoms with Gasteiger partial charge in [-0.25, -0.2) is 0 Å². The Balaban J connectivity index is 1.74. The number of anilines is 1. The molecule has 2 rings (SSSR count). The molecule has 2 nitrogen and oxygen atoms in total. The Labute approximate surface area is 119 Å². The van der Waals surface area contributed by atoms with Crippen molar-refractivity contribution in [2.45, 2.75) is 6.61 Å². The van der Waals surface area contributed by atoms with Crippen LogP contribution in [0.1, 0.15) is 5.56 Å². The Morgan fingerprint density at radius 2 is 1.84 bits per heavy atom. The highest BCUT2D eigenvalue weighted by atomic mass is 35.5. The molecule has 0 aliphatic rings. The van der Waals surface area contributed by atoms with E-state index in [0.717, 1.165) is 17.3 Å². The molecule has 2 aromatic carbocycles. The van der Waals surface area contributed by atoms with Crippen molar-refractivity contribution >= 4 is 17.3 Å². The molecular formula is C16H18ClNO. The Morgan fingerprint density at radius 1 is 1.05 bits per heavy atom. The maximum atomic E-state index is 5.97. The third-order valence-electron chi connectivity index (χ3n) is 2.93. The van der Waals surface area contributed by atoms with Crippen LogP contribution in [0.2, 0.25) is 5.02 Å². The number of benzene rings is 2. The molecule has 2 aromatic rings. The lowest BCUT2D eigenvalue weighted by Crippen LogP contribution is -2.22. The SMILES string of the molecule is CN(CCOCc1ccccc1)c1cccc(Cl)c1. The molecule has 0 heterocycles. The largest absolute Gasteiger partial charge is 0.375 e. The first kappa shape index (κ1) is 13.9. The van der Waals surface area contributed by atoms with Crippen molar-refractivity contribution in [2.24, 2.45) is 0 Å². The van der Waals surface area contributed by atoms with Gasteiger partial charge in [-0.15, -0.1) is 0 Å². The Morgan fingerprint density at radius 3 is 2.58 bits per heavy atom. The van der Waals surface area contributed by atoms with Gasteiger partial charge in [-0.05, 0) is 23.8 Å². The van der Waals surface area contributed by atoms with Gasteiger partial charge in [-0.3, -0.25) is 0 Å². The molecule has 0 aliphatic carbocycles. The van der Waals surface area contributed by atoms with E-state index in [1.165, 1.54) is 5.56 Å². The molecular weight excluding hydrogens is 258 g/mol. The fraction of sp³-hybridized carbons (Fsp3) is 0.250. The fourth-order valence-electron chi connectivity index (χ4n) is 1.81. The molecule has 19 heavy (non-hydrogen) atoms. The molecule has 0 atom stereocenters. The average molecular weight is 276 g/mol. The summed E-state index contributed by atoms with van der Waals surface area (Å²) >= 11 is 5.97. The number of hydrogen-bond acceptors (Lipinski definition) is 2. The molecule has 3 heteroatoms. The summed E-state index contributed by atoms with van der Waals surface area (Å²) in [5, 5.41) is 0.759. The highest BCUT2D eigenvalue weighted by molar-refractivity contribution is 6.30. The van der Waals surface area contributed by atoms with Crippen LogP contribution in [0.5, 0.6) is 0 Å². The van der Waals surface area contributed by atoms with E-state index < -0.39 is 0 Å². The molecule has 0 saturated carbocycles. The summed E-state index contributed by atoms with van der Waals surface area (Å²) < 4.78 is 5.67. The maximum absolute atomic E-state index is 5.97. The van der Waals surface area contributed by atoms with Crippen LogP contribution in [0.25, 0.3) is 0 Å². The summed E-state index contributed by atoms with van der Waals surface area (Å²) in [6, 6.07) is 18.0. The van der Waals surface area contributed by atoms with Gasteiger partial charge in [0, 0.05) is 24.3 Å². The van der Waals surface area contributed by atoms with Gasteiger partial charge < -0.3 is 9.64 Å². The van der Waals surface area contributed by atoms with Gasteiger partial charge in [-0.2, -0.15) is 0 Å². The lowest BCUT2D eigenvalue weighted by molar-refractivity contribution is 0.127. The summed E-state index contributed by atoms with van der Waals surface area (Å²) in [5.74, 6) is 0. The van der Waals surface area contributed by atoms with Crippen LogP contribution >= 0.6 is 11.6 Å². The van der Waals surface area contributed by atoms with Crippen molar-refractivity contribution in [1.29, 1.82) is 0 Å². The smallest absolute Gasteiger partial charge is 0.0717 e. The third-order valence-corrected chi connectivity index (χ3v) is 3.17. The van der Waals surface area contributed by atoms with Crippen molar-refractivity contribution in [3.8, 4) is 0 Å². The minimum Gasteiger partial charge on any atom is -0.375 e. The maximum Gasteiger partial charge on any atom is 0.0717 e. The summed E-state index contributed by atoms with van der Waals surface area (Å²) in [6.07, 6.45) is 0. The van der Waals surface area contributed by atoms with Gasteiger partial charge in [0.05, 0.1) is 13.2 Å². The van der Waals surface area contributed by atoms with E-state index in [1.54, 1.807) is 0 Å². The summed E-state index contributed by atoms with van der Waals surface area (Å²) in [6.45, 7) is 2.19. The number of rotatable bonds is 6. The monoisotopic (exact) mass is 275 g/mol. The molecule has 0 saturated heterocycles. The van der Waals surface area contributed by atoms with Gasteiger partial charge in [0.1, 0.15) is 0 Å². The number of likely N-dealkylation sites (N-methyl/N-ethyl adjacent to an activating group) is 1. The van der Waals surface area contributed by atoms with Crippen LogP contribution in [-0.4, -0.2) is 20.2 Å². The second-order valence-electron chi connectivity index (χ2n) is 4.44. The van der Waals surface area contributed by atoms with E-state index in [-0.39, 0.29) is 0 Å². The zero-order valence-electron chi connectivity index (χ0n) is 11.1. The average Bonchev–Trinajstić information content (AvgIpc) is 2.44. The molecule has 0 aliphatic heterocycles. The quantitative estimate of drug-likeness (QED) is 0.739. The second kappa shape index (κ2) is 7.17. The van der Waals surface area contributed by atoms with E-state index in [1.807, 2.05) is 49.5 Å². The predicted molar refractivity (Wildman–Crippen MR) is 80.8 cm³/mol. The first-order chi connectivity index (χ1) is 9.25. The number of ether oxygens (including phenoxy) is 1. The van der Waals surface area contributed by atoms with Gasteiger partial charge in [0.25, 0.3) is 0 Å². The third kappa shape index (κ3) is 4.58. The topological polar surface area (TPSA) is 12.5 Å². The van der Waals surface area contributed by atoms with Crippen LogP contribution in [0.15, 0.2) is 54.6 Å². The zero-order valence-corrected chi connectivity index (χ0v) is 11.8. The van der Waals surface area contributed by atoms with Crippen molar-refractivity contribution in [3.05, 3.63) is 65.2 Å². The first-order valence-electron chi connectivity index (χ1n) is 6.34. The van der Waals surface area contributed by atoms with Gasteiger partial charge in [0.2, 0.25) is 0 Å². The van der Waals surface area contributed by atoms with Crippen molar-refractivity contribution in [1.82, 2.24) is 0 Å². The standard InChI is InChI=1S/C16H18ClNO/c1-18(16-9-5-8-15(17)12-16)10-11-19-13-14-6-3-2-4-7-14/h2-9,12H,10-11,13H2,1H3. The van der Waals surface area contributed by atoms with E-state index in [0.29, 0.717) is 13.2 Å². The molecule has 0 radical (unpaired) electrons. The van der Waals surface area contributed by atoms with E-state index >= 15 is 0 Å². The van der Waals surface area contributed by atoms with Crippen LogP contribution in [0.3, 0.4) is 0 Å². The molecule has 0 aromatic heterocycles. The van der Waals surface area contributed by atoms with E-state index in [9.17, 15) is 0 Å². The molecule has 100 valence electrons. The highest BCUT2D eigenvalue weighted by Gasteiger charge is 2.01. The van der Waals surface area contributed by atoms with Crippen LogP contribution < -0.4 is 4.90 Å². The Hall–Kier alpha value is -1.51.